The van der Waals surface area contributed by atoms with E-state index in [9.17, 15) is 4.79 Å². The van der Waals surface area contributed by atoms with E-state index in [-0.39, 0.29) is 0 Å². The standard InChI is InChI=1S/C17H13BrN2O.C6H12.C5H8/c1-10-15(17(19)21)13-9-12(18)7-8-14(13)20-16(10)11-5-3-2-4-6-11;1-2-4-6-5-3-1;1-3-5-4-2/h2-9H,1H3,(H2,19,21);1-6H2;3-5H,1H2,2H3/b;;5-4+. The lowest BCUT2D eigenvalue weighted by atomic mass is 9.97. The Labute approximate surface area is 200 Å². The highest BCUT2D eigenvalue weighted by atomic mass is 79.9. The predicted octanol–water partition coefficient (Wildman–Crippen LogP) is 8.16. The van der Waals surface area contributed by atoms with E-state index in [1.807, 2.05) is 74.5 Å². The topological polar surface area (TPSA) is 56.0 Å². The summed E-state index contributed by atoms with van der Waals surface area (Å²) in [4.78, 5) is 16.6. The average molecular weight is 493 g/mol. The molecule has 2 N–H and O–H groups in total. The van der Waals surface area contributed by atoms with E-state index >= 15 is 0 Å². The van der Waals surface area contributed by atoms with Gasteiger partial charge in [0.05, 0.1) is 16.8 Å². The highest BCUT2D eigenvalue weighted by Gasteiger charge is 2.17. The highest BCUT2D eigenvalue weighted by Crippen LogP contribution is 2.30. The maximum atomic E-state index is 11.9. The SMILES string of the molecule is C1CCCCC1.C=C/C=C/C.Cc1c(-c2ccccc2)nc2ccc(Br)cc2c1C(N)=O. The fraction of sp³-hybridized carbons (Fsp3) is 0.286. The molecule has 1 aliphatic rings. The molecule has 1 amide bonds. The lowest BCUT2D eigenvalue weighted by Crippen LogP contribution is -2.14. The Kier molecular flexibility index (Phi) is 10.9. The molecule has 4 heteroatoms. The van der Waals surface area contributed by atoms with E-state index in [2.05, 4.69) is 22.5 Å². The van der Waals surface area contributed by atoms with Crippen LogP contribution in [0.5, 0.6) is 0 Å². The summed E-state index contributed by atoms with van der Waals surface area (Å²) in [5.41, 5.74) is 9.45. The number of benzene rings is 2. The third kappa shape index (κ3) is 7.45. The number of amides is 1. The van der Waals surface area contributed by atoms with Crippen LogP contribution in [0.1, 0.15) is 61.4 Å². The Hall–Kier alpha value is -2.72. The molecular formula is C28H33BrN2O. The first kappa shape index (κ1) is 25.5. The molecule has 0 radical (unpaired) electrons. The predicted molar refractivity (Wildman–Crippen MR) is 141 cm³/mol. The first-order valence-electron chi connectivity index (χ1n) is 11.2. The first-order chi connectivity index (χ1) is 15.5. The lowest BCUT2D eigenvalue weighted by molar-refractivity contribution is 0.100. The van der Waals surface area contributed by atoms with Gasteiger partial charge in [-0.2, -0.15) is 0 Å². The average Bonchev–Trinajstić information content (AvgIpc) is 2.81. The van der Waals surface area contributed by atoms with Crippen molar-refractivity contribution in [3.63, 3.8) is 0 Å². The Morgan fingerprint density at radius 3 is 2.09 bits per heavy atom. The molecule has 1 heterocycles. The molecule has 1 fully saturated rings. The van der Waals surface area contributed by atoms with Crippen LogP contribution in [0.3, 0.4) is 0 Å². The maximum Gasteiger partial charge on any atom is 0.249 e. The molecule has 0 unspecified atom stereocenters. The number of nitrogens with two attached hydrogens (primary N) is 1. The van der Waals surface area contributed by atoms with Crippen molar-refractivity contribution >= 4 is 32.7 Å². The summed E-state index contributed by atoms with van der Waals surface area (Å²) in [5, 5.41) is 0.772. The van der Waals surface area contributed by atoms with E-state index < -0.39 is 5.91 Å². The minimum Gasteiger partial charge on any atom is -0.366 e. The quantitative estimate of drug-likeness (QED) is 0.374. The van der Waals surface area contributed by atoms with Gasteiger partial charge in [0.25, 0.3) is 0 Å². The van der Waals surface area contributed by atoms with Crippen LogP contribution in [0.4, 0.5) is 0 Å². The number of primary amides is 1. The van der Waals surface area contributed by atoms with Crippen molar-refractivity contribution in [3.8, 4) is 11.3 Å². The molecule has 1 aromatic heterocycles. The maximum absolute atomic E-state index is 11.9. The molecule has 0 spiro atoms. The molecular weight excluding hydrogens is 460 g/mol. The zero-order chi connectivity index (χ0) is 23.3. The third-order valence-corrected chi connectivity index (χ3v) is 5.81. The van der Waals surface area contributed by atoms with Crippen molar-refractivity contribution in [2.24, 2.45) is 5.73 Å². The van der Waals surface area contributed by atoms with Crippen LogP contribution in [-0.4, -0.2) is 10.9 Å². The Balaban J connectivity index is 0.000000272. The molecule has 1 saturated carbocycles. The summed E-state index contributed by atoms with van der Waals surface area (Å²) in [7, 11) is 0. The molecule has 0 saturated heterocycles. The van der Waals surface area contributed by atoms with Crippen LogP contribution >= 0.6 is 15.9 Å². The second-order valence-electron chi connectivity index (χ2n) is 7.73. The van der Waals surface area contributed by atoms with Crippen molar-refractivity contribution in [2.75, 3.05) is 0 Å². The van der Waals surface area contributed by atoms with E-state index in [0.29, 0.717) is 5.56 Å². The summed E-state index contributed by atoms with van der Waals surface area (Å²) < 4.78 is 0.895. The number of fused-ring (bicyclic) bond motifs is 1. The Morgan fingerprint density at radius 2 is 1.62 bits per heavy atom. The molecule has 0 aliphatic heterocycles. The highest BCUT2D eigenvalue weighted by molar-refractivity contribution is 9.10. The smallest absolute Gasteiger partial charge is 0.249 e. The van der Waals surface area contributed by atoms with Crippen molar-refractivity contribution in [3.05, 3.63) is 88.9 Å². The normalized spacial score (nSPS) is 13.0. The zero-order valence-corrected chi connectivity index (χ0v) is 20.7. The van der Waals surface area contributed by atoms with E-state index in [1.165, 1.54) is 38.5 Å². The zero-order valence-electron chi connectivity index (χ0n) is 19.1. The van der Waals surface area contributed by atoms with Crippen LogP contribution < -0.4 is 5.73 Å². The van der Waals surface area contributed by atoms with Crippen LogP contribution in [0, 0.1) is 6.92 Å². The number of nitrogens with zero attached hydrogens (tertiary/aromatic N) is 1. The molecule has 0 bridgehead atoms. The molecule has 3 aromatic rings. The van der Waals surface area contributed by atoms with Crippen molar-refractivity contribution in [1.82, 2.24) is 4.98 Å². The number of pyridine rings is 1. The van der Waals surface area contributed by atoms with Crippen LogP contribution in [0.25, 0.3) is 22.2 Å². The summed E-state index contributed by atoms with van der Waals surface area (Å²) in [6.45, 7) is 7.31. The number of allylic oxidation sites excluding steroid dienone is 3. The Morgan fingerprint density at radius 1 is 1.03 bits per heavy atom. The van der Waals surface area contributed by atoms with Gasteiger partial charge >= 0.3 is 0 Å². The van der Waals surface area contributed by atoms with Gasteiger partial charge in [0, 0.05) is 15.4 Å². The summed E-state index contributed by atoms with van der Waals surface area (Å²) in [5.74, 6) is -0.435. The van der Waals surface area contributed by atoms with Crippen LogP contribution in [-0.2, 0) is 0 Å². The van der Waals surface area contributed by atoms with Gasteiger partial charge in [-0.15, -0.1) is 0 Å². The summed E-state index contributed by atoms with van der Waals surface area (Å²) >= 11 is 3.42. The van der Waals surface area contributed by atoms with Gasteiger partial charge in [0.2, 0.25) is 5.91 Å². The number of hydrogen-bond donors (Lipinski definition) is 1. The fourth-order valence-corrected chi connectivity index (χ4v) is 4.08. The number of carbonyl (C=O) groups excluding carboxylic acids is 1. The van der Waals surface area contributed by atoms with Gasteiger partial charge in [-0.3, -0.25) is 4.79 Å². The molecule has 1 aliphatic carbocycles. The minimum absolute atomic E-state index is 0.435. The number of halogens is 1. The second-order valence-corrected chi connectivity index (χ2v) is 8.65. The van der Waals surface area contributed by atoms with Crippen molar-refractivity contribution in [1.29, 1.82) is 0 Å². The molecule has 0 atom stereocenters. The summed E-state index contributed by atoms with van der Waals surface area (Å²) in [6.07, 6.45) is 14.6. The van der Waals surface area contributed by atoms with E-state index in [4.69, 9.17) is 10.7 Å². The van der Waals surface area contributed by atoms with Gasteiger partial charge < -0.3 is 5.73 Å². The number of rotatable bonds is 3. The van der Waals surface area contributed by atoms with Crippen molar-refractivity contribution in [2.45, 2.75) is 52.4 Å². The van der Waals surface area contributed by atoms with Gasteiger partial charge in [-0.25, -0.2) is 4.98 Å². The van der Waals surface area contributed by atoms with Gasteiger partial charge in [0.1, 0.15) is 0 Å². The second kappa shape index (κ2) is 13.6. The van der Waals surface area contributed by atoms with Gasteiger partial charge in [-0.05, 0) is 37.6 Å². The van der Waals surface area contributed by atoms with Crippen LogP contribution in [0.2, 0.25) is 0 Å². The third-order valence-electron chi connectivity index (χ3n) is 5.31. The van der Waals surface area contributed by atoms with E-state index in [1.54, 1.807) is 6.08 Å². The fourth-order valence-electron chi connectivity index (χ4n) is 3.72. The molecule has 3 nitrogen and oxygen atoms in total. The lowest BCUT2D eigenvalue weighted by Gasteiger charge is -2.12. The summed E-state index contributed by atoms with van der Waals surface area (Å²) in [6, 6.07) is 15.5. The molecule has 4 rings (SSSR count). The molecule has 168 valence electrons. The minimum atomic E-state index is -0.435. The first-order valence-corrected chi connectivity index (χ1v) is 12.0. The monoisotopic (exact) mass is 492 g/mol. The Bertz CT molecular complexity index is 1040. The van der Waals surface area contributed by atoms with Crippen LogP contribution in [0.15, 0.2) is 77.8 Å². The number of aromatic nitrogens is 1. The number of carbonyl (C=O) groups is 1. The van der Waals surface area contributed by atoms with Crippen molar-refractivity contribution < 1.29 is 4.79 Å². The number of hydrogen-bond acceptors (Lipinski definition) is 2. The molecule has 2 aromatic carbocycles. The largest absolute Gasteiger partial charge is 0.366 e. The molecule has 32 heavy (non-hydrogen) atoms. The van der Waals surface area contributed by atoms with Gasteiger partial charge in [-0.1, -0.05) is 110 Å². The van der Waals surface area contributed by atoms with Gasteiger partial charge in [0.15, 0.2) is 0 Å². The van der Waals surface area contributed by atoms with E-state index in [0.717, 1.165) is 32.2 Å².